The van der Waals surface area contributed by atoms with Crippen molar-refractivity contribution in [2.24, 2.45) is 5.92 Å². The number of ketones is 3. The predicted molar refractivity (Wildman–Crippen MR) is 291 cm³/mol. The van der Waals surface area contributed by atoms with Crippen LogP contribution < -0.4 is 25.0 Å². The summed E-state index contributed by atoms with van der Waals surface area (Å²) >= 11 is 22.9. The van der Waals surface area contributed by atoms with E-state index in [1.807, 2.05) is 63.2 Å². The number of rotatable bonds is 14. The molecule has 24 heteroatoms. The second kappa shape index (κ2) is 28.5. The minimum absolute atomic E-state index is 0.0223. The minimum atomic E-state index is -3.70. The van der Waals surface area contributed by atoms with Crippen molar-refractivity contribution in [3.05, 3.63) is 145 Å². The van der Waals surface area contributed by atoms with Crippen molar-refractivity contribution >= 4 is 114 Å². The normalized spacial score (nSPS) is 14.5. The van der Waals surface area contributed by atoms with Crippen molar-refractivity contribution in [2.45, 2.75) is 75.2 Å². The number of carbonyl (C=O) groups is 5. The molecule has 5 aromatic carbocycles. The summed E-state index contributed by atoms with van der Waals surface area (Å²) in [7, 11) is -2.06. The highest BCUT2D eigenvalue weighted by Gasteiger charge is 2.39. The van der Waals surface area contributed by atoms with Gasteiger partial charge in [0.25, 0.3) is 17.3 Å². The zero-order valence-corrected chi connectivity index (χ0v) is 45.9. The van der Waals surface area contributed by atoms with Crippen LogP contribution in [0.5, 0.6) is 17.2 Å². The molecule has 1 aliphatic carbocycles. The van der Waals surface area contributed by atoms with E-state index < -0.39 is 59.0 Å². The number of fused-ring (bicyclic) bond motifs is 1. The van der Waals surface area contributed by atoms with Gasteiger partial charge in [0, 0.05) is 38.3 Å². The molecule has 2 amide bonds. The van der Waals surface area contributed by atoms with Crippen molar-refractivity contribution < 1.29 is 56.4 Å². The monoisotopic (exact) mass is 1150 g/mol. The third kappa shape index (κ3) is 15.9. The molecule has 76 heavy (non-hydrogen) atoms. The maximum absolute atomic E-state index is 12.4. The molecule has 5 aromatic rings. The molecule has 406 valence electrons. The molecule has 2 N–H and O–H groups in total. The van der Waals surface area contributed by atoms with E-state index in [1.165, 1.54) is 12.1 Å². The zero-order chi connectivity index (χ0) is 56.6. The highest BCUT2D eigenvalue weighted by atomic mass is 35.5. The molecule has 1 aliphatic heterocycles. The molecule has 0 spiro atoms. The van der Waals surface area contributed by atoms with Crippen LogP contribution in [0.3, 0.4) is 0 Å². The third-order valence-electron chi connectivity index (χ3n) is 11.5. The number of aryl methyl sites for hydroxylation is 2. The Morgan fingerprint density at radius 2 is 1.53 bits per heavy atom. The fourth-order valence-corrected chi connectivity index (χ4v) is 9.11. The van der Waals surface area contributed by atoms with Gasteiger partial charge < -0.3 is 29.7 Å². The van der Waals surface area contributed by atoms with Gasteiger partial charge in [0.1, 0.15) is 46.4 Å². The number of nitrogens with zero attached hydrogens (tertiary/aromatic N) is 4. The highest BCUT2D eigenvalue weighted by Crippen LogP contribution is 2.39. The van der Waals surface area contributed by atoms with E-state index in [2.05, 4.69) is 13.0 Å². The Hall–Kier alpha value is -6.68. The predicted octanol–water partition coefficient (Wildman–Crippen LogP) is 10.5. The zero-order valence-electron chi connectivity index (χ0n) is 42.1. The van der Waals surface area contributed by atoms with E-state index in [0.717, 1.165) is 53.4 Å². The number of halogens is 4. The lowest BCUT2D eigenvalue weighted by atomic mass is 9.81. The molecular weight excluding hydrogens is 1090 g/mol. The second-order valence-electron chi connectivity index (χ2n) is 17.0. The van der Waals surface area contributed by atoms with Gasteiger partial charge in [-0.15, -0.1) is 11.6 Å². The van der Waals surface area contributed by atoms with Gasteiger partial charge in [-0.3, -0.25) is 44.2 Å². The van der Waals surface area contributed by atoms with Gasteiger partial charge in [0.15, 0.2) is 32.0 Å². The second-order valence-corrected chi connectivity index (χ2v) is 20.8. The summed E-state index contributed by atoms with van der Waals surface area (Å²) in [5, 5.41) is 21.8. The van der Waals surface area contributed by atoms with Gasteiger partial charge in [-0.1, -0.05) is 90.3 Å². The molecule has 0 radical (unpaired) electrons. The van der Waals surface area contributed by atoms with E-state index in [4.69, 9.17) is 66.3 Å². The fourth-order valence-electron chi connectivity index (χ4n) is 7.93. The molecule has 0 bridgehead atoms. The number of hydrogen-bond acceptors (Lipinski definition) is 15. The highest BCUT2D eigenvalue weighted by molar-refractivity contribution is 7.90. The number of methoxy groups -OCH3 is 1. The number of ether oxygens (including phenoxy) is 3. The molecule has 1 heterocycles. The van der Waals surface area contributed by atoms with Crippen molar-refractivity contribution in [3.8, 4) is 17.2 Å². The summed E-state index contributed by atoms with van der Waals surface area (Å²) in [6.45, 7) is 8.90. The number of nitrogen functional groups attached to an aromatic ring is 1. The van der Waals surface area contributed by atoms with Crippen molar-refractivity contribution in [2.75, 3.05) is 48.0 Å². The van der Waals surface area contributed by atoms with Gasteiger partial charge in [0.2, 0.25) is 5.91 Å². The number of nitro groups is 2. The van der Waals surface area contributed by atoms with Gasteiger partial charge in [-0.25, -0.2) is 8.42 Å². The lowest BCUT2D eigenvalue weighted by Gasteiger charge is -2.35. The number of benzene rings is 5. The van der Waals surface area contributed by atoms with Gasteiger partial charge in [0.05, 0.1) is 50.4 Å². The van der Waals surface area contributed by atoms with Crippen LogP contribution in [0.1, 0.15) is 61.5 Å². The van der Waals surface area contributed by atoms with Crippen molar-refractivity contribution in [1.82, 2.24) is 0 Å². The quantitative estimate of drug-likeness (QED) is 0.0270. The first kappa shape index (κ1) is 61.9. The third-order valence-corrected chi connectivity index (χ3v) is 13.6. The smallest absolute Gasteiger partial charge is 0.293 e. The summed E-state index contributed by atoms with van der Waals surface area (Å²) in [6, 6.07) is 27.7. The Labute approximate surface area is 459 Å². The Morgan fingerprint density at radius 3 is 2.09 bits per heavy atom. The molecule has 1 fully saturated rings. The SMILES string of the molecule is CC1COc2ccccc2N1C(=O)C(Cl)Cl.CCc1cccc(C)c1N(C(=O)CCl)C(C)COC.CS(=O)(=O)c1ccc(C(=O)C2C(=O)CCCC2=O)c([N+](=O)[O-])c1.Nc1c([N+](=O)[O-])ccc(Oc2ccccc2)c1Cl. The number of Topliss-reactive ketones (excluding diaryl/α,β-unsaturated/α-hetero) is 3. The fraction of sp³-hybridized carbons (Fsp3) is 0.327. The summed E-state index contributed by atoms with van der Waals surface area (Å²) in [5.74, 6) is -2.49. The van der Waals surface area contributed by atoms with E-state index in [1.54, 1.807) is 41.2 Å². The summed E-state index contributed by atoms with van der Waals surface area (Å²) < 4.78 is 39.1. The van der Waals surface area contributed by atoms with Crippen molar-refractivity contribution in [1.29, 1.82) is 0 Å². The number of hydrogen-bond donors (Lipinski definition) is 1. The van der Waals surface area contributed by atoms with Crippen LogP contribution in [-0.2, 0) is 40.2 Å². The molecule has 7 rings (SSSR count). The average Bonchev–Trinajstić information content (AvgIpc) is 3.38. The lowest BCUT2D eigenvalue weighted by Crippen LogP contribution is -2.47. The van der Waals surface area contributed by atoms with Crippen LogP contribution >= 0.6 is 46.4 Å². The number of para-hydroxylation sites is 4. The topological polar surface area (TPSA) is 266 Å². The number of anilines is 3. The molecule has 0 saturated heterocycles. The Morgan fingerprint density at radius 1 is 0.908 bits per heavy atom. The van der Waals surface area contributed by atoms with Crippen LogP contribution in [0.4, 0.5) is 28.4 Å². The Kier molecular flexibility index (Phi) is 23.2. The van der Waals surface area contributed by atoms with Crippen LogP contribution in [0.15, 0.2) is 108 Å². The van der Waals surface area contributed by atoms with E-state index in [0.29, 0.717) is 31.1 Å². The van der Waals surface area contributed by atoms with Crippen LogP contribution in [0.25, 0.3) is 0 Å². The number of carbonyl (C=O) groups excluding carboxylic acids is 5. The summed E-state index contributed by atoms with van der Waals surface area (Å²) in [6.07, 6.45) is 2.25. The maximum Gasteiger partial charge on any atom is 0.293 e. The standard InChI is InChI=1S/C15H22ClNO2.C14H13NO7S.C12H9ClN2O3.C11H11Cl2NO2/c1-5-13-8-6-7-11(2)15(13)17(14(18)9-16)12(3)10-19-4;1-23(21,22)8-5-6-9(10(7-8)15(19)20)14(18)13-11(16)3-2-4-12(13)17;13-11-10(18-8-4-2-1-3-5-8)7-6-9(12(11)14)15(16)17;1-7-6-16-9-5-3-2-4-8(9)14(7)11(15)10(12)13/h6-8,12H,5,9-10H2,1-4H3;5-7,13H,2-4H2,1H3;1-7H,14H2;2-5,7,10H,6H2,1H3. The lowest BCUT2D eigenvalue weighted by molar-refractivity contribution is -0.385. The average molecular weight is 1150 g/mol. The van der Waals surface area contributed by atoms with E-state index in [-0.39, 0.29) is 69.7 Å². The van der Waals surface area contributed by atoms with E-state index in [9.17, 15) is 52.6 Å². The number of nitrogens with two attached hydrogens (primary N) is 1. The van der Waals surface area contributed by atoms with Gasteiger partial charge >= 0.3 is 0 Å². The Balaban J connectivity index is 0.000000221. The maximum atomic E-state index is 12.4. The molecule has 0 aromatic heterocycles. The van der Waals surface area contributed by atoms with Crippen LogP contribution in [-0.4, -0.2) is 96.8 Å². The first-order valence-corrected chi connectivity index (χ1v) is 26.9. The van der Waals surface area contributed by atoms with Crippen molar-refractivity contribution in [3.63, 3.8) is 0 Å². The molecule has 1 saturated carbocycles. The summed E-state index contributed by atoms with van der Waals surface area (Å²) in [5.41, 5.74) is 8.01. The number of sulfone groups is 1. The number of alkyl halides is 3. The number of nitro benzene ring substituents is 2. The van der Waals surface area contributed by atoms with Crippen LogP contribution in [0.2, 0.25) is 5.02 Å². The molecule has 19 nitrogen and oxygen atoms in total. The first-order chi connectivity index (χ1) is 35.9. The molecule has 2 aliphatic rings. The van der Waals surface area contributed by atoms with Crippen LogP contribution in [0, 0.1) is 33.1 Å². The first-order valence-electron chi connectivity index (χ1n) is 23.2. The molecule has 2 unspecified atom stereocenters. The van der Waals surface area contributed by atoms with E-state index >= 15 is 0 Å². The summed E-state index contributed by atoms with van der Waals surface area (Å²) in [4.78, 5) is 82.4. The van der Waals surface area contributed by atoms with Gasteiger partial charge in [-0.05, 0) is 87.2 Å². The molecule has 2 atom stereocenters. The minimum Gasteiger partial charge on any atom is -0.489 e. The largest absolute Gasteiger partial charge is 0.489 e. The molecular formula is C52H55Cl4N5O14S. The van der Waals surface area contributed by atoms with Gasteiger partial charge in [-0.2, -0.15) is 0 Å². The Bertz CT molecular complexity index is 3040. The number of amides is 2.